The van der Waals surface area contributed by atoms with Crippen molar-refractivity contribution < 1.29 is 9.59 Å². The van der Waals surface area contributed by atoms with Gasteiger partial charge >= 0.3 is 0 Å². The van der Waals surface area contributed by atoms with Gasteiger partial charge < -0.3 is 14.8 Å². The van der Waals surface area contributed by atoms with Crippen molar-refractivity contribution in [2.24, 2.45) is 5.92 Å². The third kappa shape index (κ3) is 4.29. The first-order valence-corrected chi connectivity index (χ1v) is 10.3. The minimum atomic E-state index is -0.0877. The minimum Gasteiger partial charge on any atom is -0.341 e. The molecule has 3 heterocycles. The third-order valence-corrected chi connectivity index (χ3v) is 5.72. The Morgan fingerprint density at radius 3 is 2.76 bits per heavy atom. The van der Waals surface area contributed by atoms with E-state index in [4.69, 9.17) is 11.6 Å². The second-order valence-corrected chi connectivity index (χ2v) is 7.81. The summed E-state index contributed by atoms with van der Waals surface area (Å²) in [6.45, 7) is 4.21. The van der Waals surface area contributed by atoms with Crippen molar-refractivity contribution in [3.63, 3.8) is 0 Å². The van der Waals surface area contributed by atoms with Crippen molar-refractivity contribution in [1.29, 1.82) is 0 Å². The fourth-order valence-electron chi connectivity index (χ4n) is 3.78. The van der Waals surface area contributed by atoms with Crippen LogP contribution in [0.15, 0.2) is 42.9 Å². The maximum absolute atomic E-state index is 12.8. The molecule has 4 rings (SSSR count). The number of amides is 2. The molecule has 29 heavy (non-hydrogen) atoms. The Hall–Kier alpha value is -2.80. The fourth-order valence-corrected chi connectivity index (χ4v) is 3.94. The molecule has 1 fully saturated rings. The number of carbonyl (C=O) groups excluding carboxylic acids is 2. The zero-order valence-corrected chi connectivity index (χ0v) is 17.1. The zero-order chi connectivity index (χ0) is 20.4. The monoisotopic (exact) mass is 413 g/mol. The molecule has 0 saturated carbocycles. The third-order valence-electron chi connectivity index (χ3n) is 5.48. The van der Waals surface area contributed by atoms with Crippen LogP contribution in [-0.2, 0) is 22.7 Å². The summed E-state index contributed by atoms with van der Waals surface area (Å²) in [6.07, 6.45) is 6.73. The summed E-state index contributed by atoms with van der Waals surface area (Å²) in [6, 6.07) is 7.66. The van der Waals surface area contributed by atoms with Gasteiger partial charge in [-0.1, -0.05) is 17.7 Å². The van der Waals surface area contributed by atoms with Gasteiger partial charge in [0.15, 0.2) is 0 Å². The normalized spacial score (nSPS) is 15.0. The summed E-state index contributed by atoms with van der Waals surface area (Å²) >= 11 is 6.09. The number of hydrogen-bond donors (Lipinski definition) is 1. The molecule has 1 aromatic carbocycles. The first-order chi connectivity index (χ1) is 14.0. The van der Waals surface area contributed by atoms with Crippen molar-refractivity contribution in [2.75, 3.05) is 18.4 Å². The lowest BCUT2D eigenvalue weighted by Crippen LogP contribution is -2.42. The van der Waals surface area contributed by atoms with E-state index < -0.39 is 0 Å². The van der Waals surface area contributed by atoms with E-state index in [-0.39, 0.29) is 24.3 Å². The zero-order valence-electron chi connectivity index (χ0n) is 16.3. The first kappa shape index (κ1) is 19.5. The number of nitrogens with one attached hydrogen (secondary N) is 1. The van der Waals surface area contributed by atoms with E-state index in [1.54, 1.807) is 10.9 Å². The Morgan fingerprint density at radius 2 is 2.03 bits per heavy atom. The number of aromatic nitrogens is 3. The molecule has 1 aliphatic rings. The summed E-state index contributed by atoms with van der Waals surface area (Å²) in [5, 5.41) is 8.81. The number of aryl methyl sites for hydroxylation is 1. The molecular formula is C21H24ClN5O2. The van der Waals surface area contributed by atoms with Crippen LogP contribution in [0.25, 0.3) is 10.9 Å². The molecule has 0 atom stereocenters. The molecule has 1 saturated heterocycles. The van der Waals surface area contributed by atoms with Crippen LogP contribution in [-0.4, -0.2) is 44.2 Å². The van der Waals surface area contributed by atoms with Gasteiger partial charge in [0.05, 0.1) is 11.9 Å². The second-order valence-electron chi connectivity index (χ2n) is 7.38. The van der Waals surface area contributed by atoms with Gasteiger partial charge in [0.25, 0.3) is 0 Å². The molecule has 152 valence electrons. The largest absolute Gasteiger partial charge is 0.341 e. The maximum Gasteiger partial charge on any atom is 0.242 e. The lowest BCUT2D eigenvalue weighted by atomic mass is 9.96. The molecule has 3 aromatic rings. The summed E-state index contributed by atoms with van der Waals surface area (Å²) in [7, 11) is 0. The average Bonchev–Trinajstić information content (AvgIpc) is 3.35. The van der Waals surface area contributed by atoms with Crippen molar-refractivity contribution in [2.45, 2.75) is 32.9 Å². The highest BCUT2D eigenvalue weighted by atomic mass is 35.5. The molecule has 0 bridgehead atoms. The van der Waals surface area contributed by atoms with Crippen LogP contribution in [0, 0.1) is 5.92 Å². The van der Waals surface area contributed by atoms with Gasteiger partial charge in [-0.25, -0.2) is 0 Å². The number of halogens is 1. The summed E-state index contributed by atoms with van der Waals surface area (Å²) < 4.78 is 3.70. The van der Waals surface area contributed by atoms with E-state index in [0.29, 0.717) is 36.6 Å². The maximum atomic E-state index is 12.8. The number of rotatable bonds is 5. The van der Waals surface area contributed by atoms with Crippen LogP contribution in [0.2, 0.25) is 5.02 Å². The number of hydrogen-bond acceptors (Lipinski definition) is 3. The van der Waals surface area contributed by atoms with E-state index in [0.717, 1.165) is 17.4 Å². The van der Waals surface area contributed by atoms with Crippen LogP contribution >= 0.6 is 11.6 Å². The van der Waals surface area contributed by atoms with E-state index >= 15 is 0 Å². The van der Waals surface area contributed by atoms with Crippen molar-refractivity contribution >= 4 is 40.0 Å². The lowest BCUT2D eigenvalue weighted by molar-refractivity contribution is -0.135. The van der Waals surface area contributed by atoms with Gasteiger partial charge in [0.2, 0.25) is 11.8 Å². The number of fused-ring (bicyclic) bond motifs is 1. The molecule has 7 nitrogen and oxygen atoms in total. The molecule has 1 N–H and O–H groups in total. The number of likely N-dealkylation sites (tertiary alicyclic amines) is 1. The number of nitrogens with zero attached hydrogens (tertiary/aromatic N) is 4. The predicted molar refractivity (Wildman–Crippen MR) is 113 cm³/mol. The van der Waals surface area contributed by atoms with Crippen molar-refractivity contribution in [1.82, 2.24) is 19.2 Å². The number of piperidine rings is 1. The summed E-state index contributed by atoms with van der Waals surface area (Å²) in [5.74, 6) is -0.0282. The molecule has 0 spiro atoms. The minimum absolute atomic E-state index is 0.00111. The molecule has 2 amide bonds. The number of benzene rings is 1. The highest BCUT2D eigenvalue weighted by Crippen LogP contribution is 2.22. The Balaban J connectivity index is 1.32. The van der Waals surface area contributed by atoms with Gasteiger partial charge in [-0.15, -0.1) is 0 Å². The van der Waals surface area contributed by atoms with Crippen LogP contribution in [0.1, 0.15) is 19.8 Å². The molecule has 8 heteroatoms. The molecule has 2 aromatic heterocycles. The van der Waals surface area contributed by atoms with Gasteiger partial charge in [-0.3, -0.25) is 14.3 Å². The van der Waals surface area contributed by atoms with Crippen LogP contribution < -0.4 is 5.32 Å². The van der Waals surface area contributed by atoms with Crippen LogP contribution in [0.3, 0.4) is 0 Å². The molecule has 0 aliphatic carbocycles. The second kappa shape index (κ2) is 8.29. The molecule has 0 unspecified atom stereocenters. The van der Waals surface area contributed by atoms with Gasteiger partial charge in [-0.2, -0.15) is 5.10 Å². The van der Waals surface area contributed by atoms with E-state index in [1.165, 1.54) is 0 Å². The summed E-state index contributed by atoms with van der Waals surface area (Å²) in [5.41, 5.74) is 1.67. The Bertz CT molecular complexity index is 1030. The average molecular weight is 414 g/mol. The Kier molecular flexibility index (Phi) is 5.58. The number of anilines is 1. The van der Waals surface area contributed by atoms with Gasteiger partial charge in [0.1, 0.15) is 6.54 Å². The molecule has 0 radical (unpaired) electrons. The van der Waals surface area contributed by atoms with E-state index in [9.17, 15) is 9.59 Å². The lowest BCUT2D eigenvalue weighted by Gasteiger charge is -2.31. The Morgan fingerprint density at radius 1 is 1.24 bits per heavy atom. The fraction of sp³-hybridized carbons (Fsp3) is 0.381. The standard InChI is InChI=1S/C21H24ClN5O2/c1-2-27-13-18(12-23-27)24-21(29)16-6-8-25(9-7-16)20(28)14-26-10-5-15-3-4-17(22)11-19(15)26/h3-5,10-13,16H,2,6-9,14H2,1H3,(H,24,29). The van der Waals surface area contributed by atoms with Crippen LogP contribution in [0.5, 0.6) is 0 Å². The van der Waals surface area contributed by atoms with E-state index in [1.807, 2.05) is 53.0 Å². The summed E-state index contributed by atoms with van der Waals surface area (Å²) in [4.78, 5) is 27.1. The highest BCUT2D eigenvalue weighted by molar-refractivity contribution is 6.31. The quantitative estimate of drug-likeness (QED) is 0.696. The smallest absolute Gasteiger partial charge is 0.242 e. The van der Waals surface area contributed by atoms with Gasteiger partial charge in [0, 0.05) is 48.5 Å². The van der Waals surface area contributed by atoms with Crippen molar-refractivity contribution in [3.05, 3.63) is 47.9 Å². The molecule has 1 aliphatic heterocycles. The Labute approximate surface area is 174 Å². The first-order valence-electron chi connectivity index (χ1n) is 9.89. The van der Waals surface area contributed by atoms with Crippen LogP contribution in [0.4, 0.5) is 5.69 Å². The van der Waals surface area contributed by atoms with Gasteiger partial charge in [-0.05, 0) is 43.4 Å². The number of carbonyl (C=O) groups is 2. The predicted octanol–water partition coefficient (Wildman–Crippen LogP) is 3.39. The van der Waals surface area contributed by atoms with E-state index in [2.05, 4.69) is 10.4 Å². The molecular weight excluding hydrogens is 390 g/mol. The topological polar surface area (TPSA) is 72.2 Å². The van der Waals surface area contributed by atoms with Crippen molar-refractivity contribution in [3.8, 4) is 0 Å². The SMILES string of the molecule is CCn1cc(NC(=O)C2CCN(C(=O)Cn3ccc4ccc(Cl)cc43)CC2)cn1. The highest BCUT2D eigenvalue weighted by Gasteiger charge is 2.27.